The summed E-state index contributed by atoms with van der Waals surface area (Å²) in [5.74, 6) is 0. The molecule has 3 aliphatic rings. The van der Waals surface area contributed by atoms with E-state index in [9.17, 15) is 0 Å². The Morgan fingerprint density at radius 2 is 2.06 bits per heavy atom. The van der Waals surface area contributed by atoms with Crippen LogP contribution in [0.1, 0.15) is 13.3 Å². The van der Waals surface area contributed by atoms with Gasteiger partial charge in [0.05, 0.1) is 0 Å². The van der Waals surface area contributed by atoms with Crippen molar-refractivity contribution in [2.45, 2.75) is 13.3 Å². The zero-order valence-electron chi connectivity index (χ0n) is 9.61. The molecule has 0 heterocycles. The van der Waals surface area contributed by atoms with E-state index in [-0.39, 0.29) is 10.8 Å². The Hall–Kier alpha value is -1.56. The van der Waals surface area contributed by atoms with Crippen LogP contribution in [0.15, 0.2) is 72.4 Å². The van der Waals surface area contributed by atoms with Gasteiger partial charge in [0.25, 0.3) is 0 Å². The Labute approximate surface area is 97.1 Å². The van der Waals surface area contributed by atoms with Crippen molar-refractivity contribution in [3.05, 3.63) is 72.4 Å². The predicted octanol–water partition coefficient (Wildman–Crippen LogP) is 4.12. The molecule has 0 radical (unpaired) electrons. The Kier molecular flexibility index (Phi) is 1.79. The van der Waals surface area contributed by atoms with Gasteiger partial charge >= 0.3 is 0 Å². The third-order valence-corrected chi connectivity index (χ3v) is 4.07. The fourth-order valence-corrected chi connectivity index (χ4v) is 3.16. The molecule has 16 heavy (non-hydrogen) atoms. The predicted molar refractivity (Wildman–Crippen MR) is 68.9 cm³/mol. The van der Waals surface area contributed by atoms with E-state index in [1.165, 1.54) is 17.6 Å². The SMILES string of the molecule is C=CC1=C(/C=C\C)C23C=CC=CC2(C=C1)C3. The summed E-state index contributed by atoms with van der Waals surface area (Å²) in [7, 11) is 0. The van der Waals surface area contributed by atoms with Crippen molar-refractivity contribution < 1.29 is 0 Å². The first-order chi connectivity index (χ1) is 7.78. The van der Waals surface area contributed by atoms with Gasteiger partial charge in [0.1, 0.15) is 0 Å². The molecule has 2 unspecified atom stereocenters. The molecule has 0 spiro atoms. The van der Waals surface area contributed by atoms with E-state index >= 15 is 0 Å². The van der Waals surface area contributed by atoms with Crippen molar-refractivity contribution >= 4 is 0 Å². The summed E-state index contributed by atoms with van der Waals surface area (Å²) in [6, 6.07) is 0. The molecule has 3 rings (SSSR count). The lowest BCUT2D eigenvalue weighted by molar-refractivity contribution is 0.631. The summed E-state index contributed by atoms with van der Waals surface area (Å²) in [5, 5.41) is 0. The van der Waals surface area contributed by atoms with Crippen LogP contribution < -0.4 is 0 Å². The van der Waals surface area contributed by atoms with Crippen LogP contribution in [0.5, 0.6) is 0 Å². The fraction of sp³-hybridized carbons (Fsp3) is 0.250. The maximum atomic E-state index is 3.92. The standard InChI is InChI=1S/C16H16/c1-3-7-14-13(4-2)8-11-15-9-5-6-10-16(14,15)12-15/h3-11H,2,12H2,1H3/b7-3-. The summed E-state index contributed by atoms with van der Waals surface area (Å²) in [6.07, 6.45) is 21.1. The van der Waals surface area contributed by atoms with Crippen molar-refractivity contribution in [2.24, 2.45) is 10.8 Å². The maximum absolute atomic E-state index is 3.92. The smallest absolute Gasteiger partial charge is 0.0279 e. The highest BCUT2D eigenvalue weighted by Crippen LogP contribution is 2.73. The Morgan fingerprint density at radius 1 is 1.25 bits per heavy atom. The minimum absolute atomic E-state index is 0.229. The number of hydrogen-bond acceptors (Lipinski definition) is 0. The molecule has 0 N–H and O–H groups in total. The fourth-order valence-electron chi connectivity index (χ4n) is 3.16. The molecule has 3 aliphatic carbocycles. The second kappa shape index (κ2) is 2.98. The van der Waals surface area contributed by atoms with Gasteiger partial charge in [-0.3, -0.25) is 0 Å². The van der Waals surface area contributed by atoms with Crippen LogP contribution in [0.4, 0.5) is 0 Å². The van der Waals surface area contributed by atoms with Gasteiger partial charge in [0.2, 0.25) is 0 Å². The van der Waals surface area contributed by atoms with Crippen molar-refractivity contribution in [2.75, 3.05) is 0 Å². The van der Waals surface area contributed by atoms with Gasteiger partial charge in [0.15, 0.2) is 0 Å². The minimum Gasteiger partial charge on any atom is -0.0985 e. The van der Waals surface area contributed by atoms with E-state index < -0.39 is 0 Å². The normalized spacial score (nSPS) is 38.8. The Balaban J connectivity index is 2.19. The molecule has 0 amide bonds. The van der Waals surface area contributed by atoms with Gasteiger partial charge in [-0.15, -0.1) is 0 Å². The quantitative estimate of drug-likeness (QED) is 0.640. The van der Waals surface area contributed by atoms with Crippen LogP contribution in [0, 0.1) is 10.8 Å². The molecule has 0 aromatic rings. The second-order valence-electron chi connectivity index (χ2n) is 4.81. The van der Waals surface area contributed by atoms with Crippen molar-refractivity contribution in [3.8, 4) is 0 Å². The summed E-state index contributed by atoms with van der Waals surface area (Å²) < 4.78 is 0. The van der Waals surface area contributed by atoms with E-state index in [0.717, 1.165) is 0 Å². The van der Waals surface area contributed by atoms with Gasteiger partial charge in [-0.25, -0.2) is 0 Å². The molecular formula is C16H16. The summed E-state index contributed by atoms with van der Waals surface area (Å²) in [6.45, 7) is 6.00. The van der Waals surface area contributed by atoms with E-state index in [0.29, 0.717) is 0 Å². The Bertz CT molecular complexity index is 496. The van der Waals surface area contributed by atoms with E-state index in [1.54, 1.807) is 0 Å². The van der Waals surface area contributed by atoms with Gasteiger partial charge in [0, 0.05) is 10.8 Å². The average molecular weight is 208 g/mol. The van der Waals surface area contributed by atoms with Crippen molar-refractivity contribution in [1.82, 2.24) is 0 Å². The topological polar surface area (TPSA) is 0 Å². The zero-order valence-corrected chi connectivity index (χ0v) is 9.61. The molecule has 0 bridgehead atoms. The first-order valence-electron chi connectivity index (χ1n) is 5.84. The van der Waals surface area contributed by atoms with Crippen LogP contribution in [0.25, 0.3) is 0 Å². The Morgan fingerprint density at radius 3 is 2.81 bits per heavy atom. The molecule has 80 valence electrons. The highest BCUT2D eigenvalue weighted by Gasteiger charge is 2.66. The summed E-state index contributed by atoms with van der Waals surface area (Å²) in [5.41, 5.74) is 3.19. The number of allylic oxidation sites excluding steroid dienone is 11. The van der Waals surface area contributed by atoms with Crippen molar-refractivity contribution in [3.63, 3.8) is 0 Å². The molecule has 2 atom stereocenters. The molecule has 0 nitrogen and oxygen atoms in total. The molecule has 0 aromatic heterocycles. The van der Waals surface area contributed by atoms with Gasteiger partial charge in [-0.05, 0) is 24.5 Å². The van der Waals surface area contributed by atoms with Gasteiger partial charge in [-0.1, -0.05) is 61.3 Å². The van der Waals surface area contributed by atoms with Crippen LogP contribution in [-0.4, -0.2) is 0 Å². The molecule has 0 aliphatic heterocycles. The molecule has 0 aromatic carbocycles. The highest BCUT2D eigenvalue weighted by atomic mass is 14.7. The lowest BCUT2D eigenvalue weighted by Gasteiger charge is -2.27. The second-order valence-corrected chi connectivity index (χ2v) is 4.81. The molecule has 1 saturated carbocycles. The van der Waals surface area contributed by atoms with E-state index in [1.807, 2.05) is 6.08 Å². The highest BCUT2D eigenvalue weighted by molar-refractivity contribution is 5.61. The van der Waals surface area contributed by atoms with Crippen LogP contribution in [0.3, 0.4) is 0 Å². The third-order valence-electron chi connectivity index (χ3n) is 4.07. The average Bonchev–Trinajstić information content (AvgIpc) is 3.00. The van der Waals surface area contributed by atoms with Crippen LogP contribution in [0.2, 0.25) is 0 Å². The lowest BCUT2D eigenvalue weighted by Crippen LogP contribution is -2.16. The largest absolute Gasteiger partial charge is 0.0985 e. The van der Waals surface area contributed by atoms with Crippen molar-refractivity contribution in [1.29, 1.82) is 0 Å². The lowest BCUT2D eigenvalue weighted by atomic mass is 9.76. The number of rotatable bonds is 2. The molecule has 1 fully saturated rings. The molecule has 0 saturated heterocycles. The molecule has 0 heteroatoms. The monoisotopic (exact) mass is 208 g/mol. The van der Waals surface area contributed by atoms with Crippen LogP contribution in [-0.2, 0) is 0 Å². The zero-order chi connectivity index (χ0) is 11.2. The summed E-state index contributed by atoms with van der Waals surface area (Å²) in [4.78, 5) is 0. The number of hydrogen-bond donors (Lipinski definition) is 0. The maximum Gasteiger partial charge on any atom is 0.0279 e. The summed E-state index contributed by atoms with van der Waals surface area (Å²) >= 11 is 0. The van der Waals surface area contributed by atoms with Gasteiger partial charge < -0.3 is 0 Å². The first kappa shape index (κ1) is 9.65. The minimum atomic E-state index is 0.229. The van der Waals surface area contributed by atoms with Gasteiger partial charge in [-0.2, -0.15) is 0 Å². The first-order valence-corrected chi connectivity index (χ1v) is 5.84. The van der Waals surface area contributed by atoms with Crippen LogP contribution >= 0.6 is 0 Å². The molecular weight excluding hydrogens is 192 g/mol. The van der Waals surface area contributed by atoms with E-state index in [4.69, 9.17) is 0 Å². The van der Waals surface area contributed by atoms with E-state index in [2.05, 4.69) is 62.1 Å². The third kappa shape index (κ3) is 0.948.